The Morgan fingerprint density at radius 1 is 1.23 bits per heavy atom. The molecule has 0 aromatic carbocycles. The van der Waals surface area contributed by atoms with Gasteiger partial charge in [0.05, 0.1) is 0 Å². The molecular weight excluding hydrogens is 188 g/mol. The minimum absolute atomic E-state index is 0.183. The third kappa shape index (κ3) is 7.84. The van der Waals surface area contributed by atoms with Gasteiger partial charge in [-0.3, -0.25) is 4.79 Å². The Labute approximate surface area is 82.9 Å². The van der Waals surface area contributed by atoms with E-state index in [9.17, 15) is 9.59 Å². The van der Waals surface area contributed by atoms with E-state index in [0.29, 0.717) is 6.42 Å². The van der Waals surface area contributed by atoms with Crippen LogP contribution < -0.4 is 0 Å². The van der Waals surface area contributed by atoms with E-state index in [1.54, 1.807) is 0 Å². The van der Waals surface area contributed by atoms with Crippen LogP contribution in [0.4, 0.5) is 0 Å². The van der Waals surface area contributed by atoms with Gasteiger partial charge in [-0.25, -0.2) is 4.79 Å². The summed E-state index contributed by atoms with van der Waals surface area (Å²) in [7, 11) is 0. The maximum Gasteiger partial charge on any atom is 0.372 e. The molecule has 76 valence electrons. The lowest BCUT2D eigenvalue weighted by Crippen LogP contribution is -2.11. The molecule has 0 atom stereocenters. The van der Waals surface area contributed by atoms with Gasteiger partial charge in [0.1, 0.15) is 0 Å². The van der Waals surface area contributed by atoms with E-state index in [1.807, 2.05) is 11.8 Å². The number of carbonyl (C=O) groups excluding carboxylic acids is 1. The molecular formula is C9H16O3S. The third-order valence-corrected chi connectivity index (χ3v) is 2.80. The highest BCUT2D eigenvalue weighted by atomic mass is 32.2. The van der Waals surface area contributed by atoms with Crippen LogP contribution in [0, 0.1) is 0 Å². The molecule has 0 aromatic heterocycles. The van der Waals surface area contributed by atoms with Gasteiger partial charge < -0.3 is 5.11 Å². The van der Waals surface area contributed by atoms with Gasteiger partial charge in [-0.05, 0) is 30.8 Å². The van der Waals surface area contributed by atoms with Gasteiger partial charge in [0.25, 0.3) is 0 Å². The van der Waals surface area contributed by atoms with Crippen molar-refractivity contribution in [3.63, 3.8) is 0 Å². The Morgan fingerprint density at radius 3 is 2.46 bits per heavy atom. The van der Waals surface area contributed by atoms with Gasteiger partial charge in [0.2, 0.25) is 5.78 Å². The minimum atomic E-state index is -1.30. The maximum atomic E-state index is 10.6. The summed E-state index contributed by atoms with van der Waals surface area (Å²) in [5.74, 6) is 0.204. The number of hydrogen-bond acceptors (Lipinski definition) is 3. The number of hydrogen-bond donors (Lipinski definition) is 1. The van der Waals surface area contributed by atoms with Crippen molar-refractivity contribution in [3.05, 3.63) is 0 Å². The molecule has 0 radical (unpaired) electrons. The third-order valence-electron chi connectivity index (χ3n) is 1.53. The first-order valence-corrected chi connectivity index (χ1v) is 5.67. The Bertz CT molecular complexity index is 168. The number of carboxylic acids is 1. The van der Waals surface area contributed by atoms with Gasteiger partial charge in [-0.1, -0.05) is 6.92 Å². The fraction of sp³-hybridized carbons (Fsp3) is 0.778. The van der Waals surface area contributed by atoms with E-state index < -0.39 is 11.8 Å². The van der Waals surface area contributed by atoms with E-state index in [1.165, 1.54) is 6.42 Å². The van der Waals surface area contributed by atoms with E-state index in [4.69, 9.17) is 5.11 Å². The van der Waals surface area contributed by atoms with E-state index in [0.717, 1.165) is 17.9 Å². The molecule has 0 bridgehead atoms. The molecule has 0 spiro atoms. The predicted octanol–water partition coefficient (Wildman–Crippen LogP) is 1.95. The van der Waals surface area contributed by atoms with Gasteiger partial charge >= 0.3 is 5.97 Å². The molecule has 0 aliphatic carbocycles. The zero-order valence-electron chi connectivity index (χ0n) is 7.91. The zero-order chi connectivity index (χ0) is 10.1. The summed E-state index contributed by atoms with van der Waals surface area (Å²) in [6, 6.07) is 0. The quantitative estimate of drug-likeness (QED) is 0.485. The van der Waals surface area contributed by atoms with Crippen LogP contribution in [-0.2, 0) is 9.59 Å². The normalized spacial score (nSPS) is 9.92. The molecule has 0 unspecified atom stereocenters. The van der Waals surface area contributed by atoms with Gasteiger partial charge in [-0.15, -0.1) is 0 Å². The summed E-state index contributed by atoms with van der Waals surface area (Å²) in [4.78, 5) is 20.7. The molecule has 1 N–H and O–H groups in total. The van der Waals surface area contributed by atoms with Crippen molar-refractivity contribution in [2.24, 2.45) is 0 Å². The highest BCUT2D eigenvalue weighted by Gasteiger charge is 2.09. The van der Waals surface area contributed by atoms with Crippen LogP contribution in [0.3, 0.4) is 0 Å². The summed E-state index contributed by atoms with van der Waals surface area (Å²) in [5, 5.41) is 8.27. The molecule has 0 aromatic rings. The number of unbranched alkanes of at least 4 members (excludes halogenated alkanes) is 1. The first-order chi connectivity index (χ1) is 6.18. The van der Waals surface area contributed by atoms with Crippen LogP contribution >= 0.6 is 11.8 Å². The van der Waals surface area contributed by atoms with Gasteiger partial charge in [-0.2, -0.15) is 11.8 Å². The summed E-state index contributed by atoms with van der Waals surface area (Å²) >= 11 is 1.85. The fourth-order valence-electron chi connectivity index (χ4n) is 0.843. The minimum Gasteiger partial charge on any atom is -0.476 e. The van der Waals surface area contributed by atoms with Crippen LogP contribution in [0.1, 0.15) is 32.6 Å². The smallest absolute Gasteiger partial charge is 0.372 e. The average Bonchev–Trinajstić information content (AvgIpc) is 2.10. The van der Waals surface area contributed by atoms with Crippen LogP contribution in [0.25, 0.3) is 0 Å². The van der Waals surface area contributed by atoms with Crippen molar-refractivity contribution in [2.45, 2.75) is 32.6 Å². The lowest BCUT2D eigenvalue weighted by molar-refractivity contribution is -0.149. The van der Waals surface area contributed by atoms with Gasteiger partial charge in [0, 0.05) is 6.42 Å². The first kappa shape index (κ1) is 12.5. The Balaban J connectivity index is 3.16. The molecule has 0 fully saturated rings. The number of rotatable bonds is 8. The first-order valence-electron chi connectivity index (χ1n) is 4.52. The molecule has 0 saturated carbocycles. The highest BCUT2D eigenvalue weighted by molar-refractivity contribution is 7.99. The molecule has 3 nitrogen and oxygen atoms in total. The summed E-state index contributed by atoms with van der Waals surface area (Å²) < 4.78 is 0. The second-order valence-electron chi connectivity index (χ2n) is 2.80. The lowest BCUT2D eigenvalue weighted by atomic mass is 10.2. The van der Waals surface area contributed by atoms with Crippen molar-refractivity contribution < 1.29 is 14.7 Å². The van der Waals surface area contributed by atoms with E-state index >= 15 is 0 Å². The summed E-state index contributed by atoms with van der Waals surface area (Å²) in [5.41, 5.74) is 0. The Hall–Kier alpha value is -0.510. The molecule has 0 saturated heterocycles. The number of ketones is 1. The summed E-state index contributed by atoms with van der Waals surface area (Å²) in [6.07, 6.45) is 2.98. The number of Topliss-reactive ketones (excluding diaryl/α,β-unsaturated/α-hetero) is 1. The zero-order valence-corrected chi connectivity index (χ0v) is 8.73. The average molecular weight is 204 g/mol. The SMILES string of the molecule is CCCSCCCCC(=O)C(=O)O. The van der Waals surface area contributed by atoms with Gasteiger partial charge in [0.15, 0.2) is 0 Å². The van der Waals surface area contributed by atoms with Crippen molar-refractivity contribution >= 4 is 23.5 Å². The number of aliphatic carboxylic acids is 1. The van der Waals surface area contributed by atoms with Crippen molar-refractivity contribution in [1.29, 1.82) is 0 Å². The molecule has 0 aliphatic heterocycles. The van der Waals surface area contributed by atoms with Crippen molar-refractivity contribution in [2.75, 3.05) is 11.5 Å². The molecule has 13 heavy (non-hydrogen) atoms. The van der Waals surface area contributed by atoms with Crippen LogP contribution in [0.15, 0.2) is 0 Å². The van der Waals surface area contributed by atoms with Crippen LogP contribution in [0.5, 0.6) is 0 Å². The molecule has 0 rings (SSSR count). The second kappa shape index (κ2) is 8.10. The predicted molar refractivity (Wildman–Crippen MR) is 54.1 cm³/mol. The number of carboxylic acid groups (broad SMARTS) is 1. The van der Waals surface area contributed by atoms with E-state index in [2.05, 4.69) is 6.92 Å². The standard InChI is InChI=1S/C9H16O3S/c1-2-6-13-7-4-3-5-8(10)9(11)12/h2-7H2,1H3,(H,11,12). The fourth-order valence-corrected chi connectivity index (χ4v) is 1.74. The van der Waals surface area contributed by atoms with Crippen molar-refractivity contribution in [1.82, 2.24) is 0 Å². The number of carbonyl (C=O) groups is 2. The largest absolute Gasteiger partial charge is 0.476 e. The molecule has 0 aliphatic rings. The topological polar surface area (TPSA) is 54.4 Å². The highest BCUT2D eigenvalue weighted by Crippen LogP contribution is 2.07. The second-order valence-corrected chi connectivity index (χ2v) is 4.02. The van der Waals surface area contributed by atoms with Crippen LogP contribution in [0.2, 0.25) is 0 Å². The van der Waals surface area contributed by atoms with Crippen LogP contribution in [-0.4, -0.2) is 28.4 Å². The Morgan fingerprint density at radius 2 is 1.92 bits per heavy atom. The monoisotopic (exact) mass is 204 g/mol. The molecule has 0 heterocycles. The molecule has 0 amide bonds. The number of thioether (sulfide) groups is 1. The maximum absolute atomic E-state index is 10.6. The summed E-state index contributed by atoms with van der Waals surface area (Å²) in [6.45, 7) is 2.13. The Kier molecular flexibility index (Phi) is 7.79. The lowest BCUT2D eigenvalue weighted by Gasteiger charge is -1.98. The van der Waals surface area contributed by atoms with E-state index in [-0.39, 0.29) is 6.42 Å². The van der Waals surface area contributed by atoms with Crippen molar-refractivity contribution in [3.8, 4) is 0 Å². The molecule has 4 heteroatoms.